The van der Waals surface area contributed by atoms with Gasteiger partial charge in [-0.1, -0.05) is 140 Å². The fourth-order valence-corrected chi connectivity index (χ4v) is 6.90. The highest BCUT2D eigenvalue weighted by Gasteiger charge is 2.14. The maximum atomic E-state index is 7.95. The number of nitrogens with zero attached hydrogens (tertiary/aromatic N) is 1. The molecule has 49 heavy (non-hydrogen) atoms. The lowest BCUT2D eigenvalue weighted by atomic mass is 9.96. The maximum Gasteiger partial charge on any atom is 0.0632 e. The van der Waals surface area contributed by atoms with Crippen LogP contribution in [0.2, 0.25) is 0 Å². The fraction of sp³-hybridized carbons (Fsp3) is 0.0217. The predicted octanol–water partition coefficient (Wildman–Crippen LogP) is 11.6. The van der Waals surface area contributed by atoms with E-state index in [1.807, 2.05) is 60.7 Å². The van der Waals surface area contributed by atoms with Crippen LogP contribution in [0.15, 0.2) is 176 Å². The highest BCUT2D eigenvalue weighted by Crippen LogP contribution is 2.38. The topological polar surface area (TPSA) is 54.8 Å². The lowest BCUT2D eigenvalue weighted by Crippen LogP contribution is -2.02. The van der Waals surface area contributed by atoms with Gasteiger partial charge in [0.1, 0.15) is 0 Å². The van der Waals surface area contributed by atoms with Crippen LogP contribution in [0.3, 0.4) is 0 Å². The molecular weight excluding hydrogens is 595 g/mol. The molecule has 0 saturated heterocycles. The molecule has 1 heterocycles. The predicted molar refractivity (Wildman–Crippen MR) is 210 cm³/mol. The summed E-state index contributed by atoms with van der Waals surface area (Å²) in [5.41, 5.74) is 13.8. The number of aromatic nitrogens is 1. The second-order valence-corrected chi connectivity index (χ2v) is 12.5. The van der Waals surface area contributed by atoms with E-state index in [0.29, 0.717) is 11.4 Å². The molecule has 234 valence electrons. The van der Waals surface area contributed by atoms with E-state index < -0.39 is 0 Å². The Morgan fingerprint density at radius 1 is 0.490 bits per heavy atom. The number of aryl methyl sites for hydroxylation is 1. The molecule has 0 spiro atoms. The van der Waals surface area contributed by atoms with Crippen molar-refractivity contribution >= 4 is 65.5 Å². The summed E-state index contributed by atoms with van der Waals surface area (Å²) in [5, 5.41) is 18.4. The average Bonchev–Trinajstić information content (AvgIpc) is 3.48. The normalized spacial score (nSPS) is 11.7. The van der Waals surface area contributed by atoms with Gasteiger partial charge in [-0.05, 0) is 92.3 Å². The first kappa shape index (κ1) is 29.9. The van der Waals surface area contributed by atoms with Gasteiger partial charge < -0.3 is 15.7 Å². The van der Waals surface area contributed by atoms with Crippen molar-refractivity contribution in [2.24, 2.45) is 5.73 Å². The molecule has 0 radical (unpaired) electrons. The van der Waals surface area contributed by atoms with Crippen LogP contribution in [0.4, 0.5) is 0 Å². The van der Waals surface area contributed by atoms with Crippen LogP contribution in [-0.2, 0) is 0 Å². The van der Waals surface area contributed by atoms with Crippen LogP contribution in [0, 0.1) is 12.3 Å². The second-order valence-electron chi connectivity index (χ2n) is 12.5. The number of nitrogens with one attached hydrogen (secondary N) is 1. The highest BCUT2D eigenvalue weighted by molar-refractivity contribution is 6.22. The first-order chi connectivity index (χ1) is 24.0. The first-order valence-corrected chi connectivity index (χ1v) is 16.6. The van der Waals surface area contributed by atoms with Gasteiger partial charge in [0, 0.05) is 22.2 Å². The Balaban J connectivity index is 0.000000174. The van der Waals surface area contributed by atoms with E-state index in [2.05, 4.69) is 121 Å². The maximum absolute atomic E-state index is 7.95. The van der Waals surface area contributed by atoms with Crippen LogP contribution < -0.4 is 5.73 Å². The standard InChI is InChI=1S/C31H21N.C15H14N2/c1-20-7-6-9-23(17-20)32-30-12-5-4-11-27(30)29-19-28-22(18-31(29)32)14-16-25-24-10-3-2-8-21(24)13-15-26(25)28;16-14(12-7-3-1-4-8-12)11-15(17)13-9-5-2-6-10-13/h2-19H,1H3;1-11,16H,17H2/b;15-11-,16-14?. The molecule has 0 atom stereocenters. The molecular formula is C46H35N3. The van der Waals surface area contributed by atoms with Gasteiger partial charge in [-0.3, -0.25) is 0 Å². The van der Waals surface area contributed by atoms with Crippen LogP contribution in [-0.4, -0.2) is 10.3 Å². The number of para-hydroxylation sites is 1. The average molecular weight is 630 g/mol. The van der Waals surface area contributed by atoms with E-state index in [9.17, 15) is 0 Å². The van der Waals surface area contributed by atoms with E-state index in [1.54, 1.807) is 6.08 Å². The first-order valence-electron chi connectivity index (χ1n) is 16.6. The zero-order valence-electron chi connectivity index (χ0n) is 27.3. The smallest absolute Gasteiger partial charge is 0.0632 e. The number of allylic oxidation sites excluding steroid dienone is 1. The van der Waals surface area contributed by atoms with Crippen molar-refractivity contribution in [1.29, 1.82) is 5.41 Å². The van der Waals surface area contributed by atoms with E-state index in [4.69, 9.17) is 11.1 Å². The quantitative estimate of drug-likeness (QED) is 0.148. The summed E-state index contributed by atoms with van der Waals surface area (Å²) < 4.78 is 2.40. The molecule has 1 aromatic heterocycles. The lowest BCUT2D eigenvalue weighted by Gasteiger charge is -2.11. The Morgan fingerprint density at radius 2 is 1.12 bits per heavy atom. The molecule has 0 unspecified atom stereocenters. The third-order valence-electron chi connectivity index (χ3n) is 9.29. The zero-order chi connectivity index (χ0) is 33.3. The van der Waals surface area contributed by atoms with Crippen molar-refractivity contribution in [3.63, 3.8) is 0 Å². The van der Waals surface area contributed by atoms with E-state index >= 15 is 0 Å². The van der Waals surface area contributed by atoms with Crippen molar-refractivity contribution in [2.45, 2.75) is 6.92 Å². The number of nitrogens with two attached hydrogens (primary N) is 1. The Labute approximate surface area is 285 Å². The largest absolute Gasteiger partial charge is 0.398 e. The third-order valence-corrected chi connectivity index (χ3v) is 9.29. The van der Waals surface area contributed by atoms with Crippen molar-refractivity contribution in [3.05, 3.63) is 193 Å². The van der Waals surface area contributed by atoms with Crippen LogP contribution in [0.5, 0.6) is 0 Å². The minimum absolute atomic E-state index is 0.423. The Hall–Kier alpha value is -6.45. The van der Waals surface area contributed by atoms with E-state index in [1.165, 1.54) is 65.4 Å². The Bertz CT molecular complexity index is 2680. The molecule has 0 fully saturated rings. The molecule has 0 saturated carbocycles. The second kappa shape index (κ2) is 12.6. The van der Waals surface area contributed by atoms with Gasteiger partial charge in [0.25, 0.3) is 0 Å². The molecule has 3 N–H and O–H groups in total. The van der Waals surface area contributed by atoms with Crippen molar-refractivity contribution in [3.8, 4) is 5.69 Å². The van der Waals surface area contributed by atoms with Crippen molar-refractivity contribution in [1.82, 2.24) is 4.57 Å². The monoisotopic (exact) mass is 629 g/mol. The molecule has 0 aliphatic rings. The minimum atomic E-state index is 0.423. The van der Waals surface area contributed by atoms with Gasteiger partial charge in [0.05, 0.1) is 16.7 Å². The Kier molecular flexibility index (Phi) is 7.71. The number of rotatable bonds is 4. The van der Waals surface area contributed by atoms with Crippen molar-refractivity contribution < 1.29 is 0 Å². The van der Waals surface area contributed by atoms with Gasteiger partial charge in [0.2, 0.25) is 0 Å². The summed E-state index contributed by atoms with van der Waals surface area (Å²) in [5.74, 6) is 0. The highest BCUT2D eigenvalue weighted by atomic mass is 15.0. The molecule has 9 aromatic rings. The summed E-state index contributed by atoms with van der Waals surface area (Å²) in [4.78, 5) is 0. The number of hydrogen-bond donors (Lipinski definition) is 2. The van der Waals surface area contributed by atoms with Gasteiger partial charge in [-0.2, -0.15) is 0 Å². The molecule has 0 aliphatic heterocycles. The van der Waals surface area contributed by atoms with E-state index in [-0.39, 0.29) is 0 Å². The summed E-state index contributed by atoms with van der Waals surface area (Å²) in [7, 11) is 0. The fourth-order valence-electron chi connectivity index (χ4n) is 6.90. The molecule has 3 nitrogen and oxygen atoms in total. The Morgan fingerprint density at radius 3 is 1.88 bits per heavy atom. The minimum Gasteiger partial charge on any atom is -0.398 e. The SMILES string of the molecule is Cc1cccc(-n2c3ccccc3c3cc4c(ccc5c6ccccc6ccc45)cc32)c1.N=C(/C=C(\N)c1ccccc1)c1ccccc1. The van der Waals surface area contributed by atoms with Crippen LogP contribution in [0.1, 0.15) is 16.7 Å². The summed E-state index contributed by atoms with van der Waals surface area (Å²) in [6.07, 6.45) is 1.69. The van der Waals surface area contributed by atoms with E-state index in [0.717, 1.165) is 11.1 Å². The number of hydrogen-bond acceptors (Lipinski definition) is 2. The molecule has 9 rings (SSSR count). The molecule has 8 aromatic carbocycles. The van der Waals surface area contributed by atoms with Crippen molar-refractivity contribution in [2.75, 3.05) is 0 Å². The lowest BCUT2D eigenvalue weighted by molar-refractivity contribution is 1.17. The molecule has 0 amide bonds. The molecule has 0 aliphatic carbocycles. The van der Waals surface area contributed by atoms with Crippen LogP contribution in [0.25, 0.3) is 65.5 Å². The van der Waals surface area contributed by atoms with Gasteiger partial charge in [-0.15, -0.1) is 0 Å². The molecule has 0 bridgehead atoms. The van der Waals surface area contributed by atoms with Gasteiger partial charge in [0.15, 0.2) is 0 Å². The molecule has 3 heteroatoms. The van der Waals surface area contributed by atoms with Gasteiger partial charge in [-0.25, -0.2) is 0 Å². The summed E-state index contributed by atoms with van der Waals surface area (Å²) in [6.45, 7) is 2.16. The van der Waals surface area contributed by atoms with Gasteiger partial charge >= 0.3 is 0 Å². The third kappa shape index (κ3) is 5.62. The number of benzene rings is 8. The number of fused-ring (bicyclic) bond motifs is 8. The van der Waals surface area contributed by atoms with Crippen LogP contribution >= 0.6 is 0 Å². The summed E-state index contributed by atoms with van der Waals surface area (Å²) >= 11 is 0. The zero-order valence-corrected chi connectivity index (χ0v) is 27.3. The summed E-state index contributed by atoms with van der Waals surface area (Å²) in [6, 6.07) is 59.3.